The van der Waals surface area contributed by atoms with Crippen LogP contribution in [-0.4, -0.2) is 25.4 Å². The van der Waals surface area contributed by atoms with Crippen molar-refractivity contribution in [2.75, 3.05) is 0 Å². The quantitative estimate of drug-likeness (QED) is 0.683. The van der Waals surface area contributed by atoms with Crippen LogP contribution in [0.3, 0.4) is 0 Å². The van der Waals surface area contributed by atoms with Crippen LogP contribution >= 0.6 is 0 Å². The van der Waals surface area contributed by atoms with Crippen molar-refractivity contribution in [3.63, 3.8) is 0 Å². The number of carbonyl (C=O) groups is 1. The maximum atomic E-state index is 12.6. The van der Waals surface area contributed by atoms with Crippen LogP contribution in [0, 0.1) is 6.92 Å². The number of oxazole rings is 1. The van der Waals surface area contributed by atoms with Crippen molar-refractivity contribution in [3.05, 3.63) is 71.6 Å². The lowest BCUT2D eigenvalue weighted by Gasteiger charge is -2.08. The Morgan fingerprint density at radius 2 is 1.71 bits per heavy atom. The molecule has 1 aromatic heterocycles. The third-order valence-corrected chi connectivity index (χ3v) is 5.78. The van der Waals surface area contributed by atoms with Gasteiger partial charge in [-0.25, -0.2) is 13.4 Å². The summed E-state index contributed by atoms with van der Waals surface area (Å²) in [5.41, 5.74) is 1.58. The number of aryl methyl sites for hydroxylation is 1. The van der Waals surface area contributed by atoms with Crippen LogP contribution in [0.25, 0.3) is 11.5 Å². The highest BCUT2D eigenvalue weighted by Crippen LogP contribution is 2.25. The van der Waals surface area contributed by atoms with Gasteiger partial charge in [-0.2, -0.15) is 0 Å². The molecule has 146 valence electrons. The maximum absolute atomic E-state index is 12.6. The molecule has 0 saturated heterocycles. The van der Waals surface area contributed by atoms with Gasteiger partial charge < -0.3 is 9.73 Å². The Morgan fingerprint density at radius 3 is 2.32 bits per heavy atom. The lowest BCUT2D eigenvalue weighted by Crippen LogP contribution is -2.29. The fourth-order valence-electron chi connectivity index (χ4n) is 2.69. The summed E-state index contributed by atoms with van der Waals surface area (Å²) < 4.78 is 30.8. The van der Waals surface area contributed by atoms with Crippen LogP contribution < -0.4 is 5.32 Å². The molecule has 0 radical (unpaired) electrons. The third-order valence-electron chi connectivity index (χ3n) is 4.14. The van der Waals surface area contributed by atoms with Gasteiger partial charge in [0.25, 0.3) is 5.91 Å². The summed E-state index contributed by atoms with van der Waals surface area (Å²) in [6, 6.07) is 15.2. The van der Waals surface area contributed by atoms with Crippen molar-refractivity contribution in [2.24, 2.45) is 0 Å². The first-order valence-corrected chi connectivity index (χ1v) is 10.6. The largest absolute Gasteiger partial charge is 0.441 e. The summed E-state index contributed by atoms with van der Waals surface area (Å²) in [6.45, 7) is 5.48. The first-order valence-electron chi connectivity index (χ1n) is 8.91. The fourth-order valence-corrected chi connectivity index (χ4v) is 4.05. The molecular weight excluding hydrogens is 376 g/mol. The zero-order valence-electron chi connectivity index (χ0n) is 16.0. The van der Waals surface area contributed by atoms with Gasteiger partial charge in [0, 0.05) is 17.2 Å². The lowest BCUT2D eigenvalue weighted by atomic mass is 10.1. The number of carbonyl (C=O) groups excluding carboxylic acids is 1. The molecule has 1 heterocycles. The molecule has 0 fully saturated rings. The molecule has 3 aromatic rings. The summed E-state index contributed by atoms with van der Waals surface area (Å²) in [6.07, 6.45) is 0. The van der Waals surface area contributed by atoms with E-state index in [4.69, 9.17) is 4.42 Å². The SMILES string of the molecule is Cc1oc(-c2ccc(C(=O)NC(C)C)cc2)nc1CS(=O)(=O)c1ccccc1. The predicted molar refractivity (Wildman–Crippen MR) is 107 cm³/mol. The zero-order chi connectivity index (χ0) is 20.3. The van der Waals surface area contributed by atoms with E-state index in [1.165, 1.54) is 0 Å². The Labute approximate surface area is 164 Å². The van der Waals surface area contributed by atoms with Gasteiger partial charge in [0.1, 0.15) is 11.5 Å². The van der Waals surface area contributed by atoms with Crippen molar-refractivity contribution in [2.45, 2.75) is 37.5 Å². The van der Waals surface area contributed by atoms with E-state index in [-0.39, 0.29) is 22.6 Å². The molecule has 28 heavy (non-hydrogen) atoms. The number of aromatic nitrogens is 1. The van der Waals surface area contributed by atoms with Crippen LogP contribution in [0.1, 0.15) is 35.7 Å². The number of nitrogens with one attached hydrogen (secondary N) is 1. The molecular formula is C21H22N2O4S. The van der Waals surface area contributed by atoms with Crippen molar-refractivity contribution in [1.82, 2.24) is 10.3 Å². The van der Waals surface area contributed by atoms with Gasteiger partial charge in [-0.3, -0.25) is 4.79 Å². The van der Waals surface area contributed by atoms with E-state index >= 15 is 0 Å². The average Bonchev–Trinajstić information content (AvgIpc) is 3.02. The van der Waals surface area contributed by atoms with Crippen LogP contribution in [-0.2, 0) is 15.6 Å². The number of benzene rings is 2. The molecule has 2 aromatic carbocycles. The van der Waals surface area contributed by atoms with E-state index in [9.17, 15) is 13.2 Å². The summed E-state index contributed by atoms with van der Waals surface area (Å²) in [7, 11) is -3.51. The van der Waals surface area contributed by atoms with E-state index in [1.54, 1.807) is 61.5 Å². The average molecular weight is 398 g/mol. The molecule has 0 unspecified atom stereocenters. The van der Waals surface area contributed by atoms with Gasteiger partial charge in [0.2, 0.25) is 5.89 Å². The van der Waals surface area contributed by atoms with E-state index in [1.807, 2.05) is 13.8 Å². The normalized spacial score (nSPS) is 11.6. The van der Waals surface area contributed by atoms with Crippen molar-refractivity contribution in [1.29, 1.82) is 0 Å². The highest BCUT2D eigenvalue weighted by Gasteiger charge is 2.21. The molecule has 0 bridgehead atoms. The Bertz CT molecular complexity index is 1070. The predicted octanol–water partition coefficient (Wildman–Crippen LogP) is 3.76. The molecule has 0 aliphatic heterocycles. The second-order valence-corrected chi connectivity index (χ2v) is 8.79. The van der Waals surface area contributed by atoms with Gasteiger partial charge in [-0.05, 0) is 57.2 Å². The van der Waals surface area contributed by atoms with E-state index < -0.39 is 9.84 Å². The smallest absolute Gasteiger partial charge is 0.251 e. The van der Waals surface area contributed by atoms with E-state index in [0.717, 1.165) is 0 Å². The van der Waals surface area contributed by atoms with Crippen molar-refractivity contribution >= 4 is 15.7 Å². The second-order valence-electron chi connectivity index (χ2n) is 6.80. The summed E-state index contributed by atoms with van der Waals surface area (Å²) >= 11 is 0. The molecule has 1 amide bonds. The van der Waals surface area contributed by atoms with E-state index in [2.05, 4.69) is 10.3 Å². The fraction of sp³-hybridized carbons (Fsp3) is 0.238. The van der Waals surface area contributed by atoms with Crippen LogP contribution in [0.15, 0.2) is 63.9 Å². The molecule has 0 atom stereocenters. The molecule has 0 spiro atoms. The van der Waals surface area contributed by atoms with E-state index in [0.29, 0.717) is 28.5 Å². The highest BCUT2D eigenvalue weighted by atomic mass is 32.2. The molecule has 3 rings (SSSR count). The Hall–Kier alpha value is -2.93. The lowest BCUT2D eigenvalue weighted by molar-refractivity contribution is 0.0943. The maximum Gasteiger partial charge on any atom is 0.251 e. The first-order chi connectivity index (χ1) is 13.3. The van der Waals surface area contributed by atoms with Gasteiger partial charge in [-0.15, -0.1) is 0 Å². The molecule has 0 saturated carbocycles. The topological polar surface area (TPSA) is 89.3 Å². The van der Waals surface area contributed by atoms with Crippen LogP contribution in [0.2, 0.25) is 0 Å². The number of rotatable bonds is 6. The second kappa shape index (κ2) is 7.98. The number of sulfone groups is 1. The molecule has 1 N–H and O–H groups in total. The number of amides is 1. The Kier molecular flexibility index (Phi) is 5.65. The number of nitrogens with zero attached hydrogens (tertiary/aromatic N) is 1. The summed E-state index contributed by atoms with van der Waals surface area (Å²) in [4.78, 5) is 16.7. The minimum atomic E-state index is -3.51. The van der Waals surface area contributed by atoms with Gasteiger partial charge in [0.05, 0.1) is 10.6 Å². The van der Waals surface area contributed by atoms with Crippen molar-refractivity contribution in [3.8, 4) is 11.5 Å². The van der Waals surface area contributed by atoms with Gasteiger partial charge >= 0.3 is 0 Å². The van der Waals surface area contributed by atoms with Crippen LogP contribution in [0.5, 0.6) is 0 Å². The number of hydrogen-bond donors (Lipinski definition) is 1. The first kappa shape index (κ1) is 19.8. The summed E-state index contributed by atoms with van der Waals surface area (Å²) in [5, 5.41) is 2.83. The van der Waals surface area contributed by atoms with Crippen LogP contribution in [0.4, 0.5) is 0 Å². The zero-order valence-corrected chi connectivity index (χ0v) is 16.8. The molecule has 0 aliphatic rings. The van der Waals surface area contributed by atoms with Crippen molar-refractivity contribution < 1.29 is 17.6 Å². The Morgan fingerprint density at radius 1 is 1.07 bits per heavy atom. The standard InChI is InChI=1S/C21H22N2O4S/c1-14(2)22-20(24)16-9-11-17(12-10-16)21-23-19(15(3)27-21)13-28(25,26)18-7-5-4-6-8-18/h4-12,14H,13H2,1-3H3,(H,22,24). The number of hydrogen-bond acceptors (Lipinski definition) is 5. The third kappa shape index (κ3) is 4.48. The monoisotopic (exact) mass is 398 g/mol. The highest BCUT2D eigenvalue weighted by molar-refractivity contribution is 7.90. The minimum Gasteiger partial charge on any atom is -0.441 e. The Balaban J connectivity index is 1.82. The summed E-state index contributed by atoms with van der Waals surface area (Å²) in [5.74, 6) is 0.392. The van der Waals surface area contributed by atoms with Gasteiger partial charge in [-0.1, -0.05) is 18.2 Å². The molecule has 7 heteroatoms. The molecule has 0 aliphatic carbocycles. The molecule has 6 nitrogen and oxygen atoms in total. The van der Waals surface area contributed by atoms with Gasteiger partial charge in [0.15, 0.2) is 9.84 Å². The minimum absolute atomic E-state index is 0.0516.